The third kappa shape index (κ3) is 4.71. The van der Waals surface area contributed by atoms with Gasteiger partial charge in [0.2, 0.25) is 10.0 Å². The molecule has 0 amide bonds. The van der Waals surface area contributed by atoms with E-state index in [9.17, 15) is 8.42 Å². The van der Waals surface area contributed by atoms with Crippen LogP contribution in [0.3, 0.4) is 0 Å². The molecule has 5 heteroatoms. The highest BCUT2D eigenvalue weighted by atomic mass is 32.2. The largest absolute Gasteiger partial charge is 0.385 e. The summed E-state index contributed by atoms with van der Waals surface area (Å²) in [6, 6.07) is 7.46. The van der Waals surface area contributed by atoms with Crippen molar-refractivity contribution in [2.45, 2.75) is 39.0 Å². The zero-order valence-corrected chi connectivity index (χ0v) is 12.9. The van der Waals surface area contributed by atoms with Gasteiger partial charge in [-0.2, -0.15) is 0 Å². The molecule has 0 bridgehead atoms. The zero-order chi connectivity index (χ0) is 14.4. The average Bonchev–Trinajstić information content (AvgIpc) is 2.47. The Balaban J connectivity index is 1.85. The predicted octanol–water partition coefficient (Wildman–Crippen LogP) is 3.44. The first-order chi connectivity index (χ1) is 9.59. The summed E-state index contributed by atoms with van der Waals surface area (Å²) in [6.07, 6.45) is 6.72. The van der Waals surface area contributed by atoms with E-state index in [0.717, 1.165) is 18.2 Å². The Bertz CT molecular complexity index is 505. The third-order valence-corrected chi connectivity index (χ3v) is 5.16. The first kappa shape index (κ1) is 15.2. The van der Waals surface area contributed by atoms with Crippen molar-refractivity contribution in [2.75, 3.05) is 22.3 Å². The van der Waals surface area contributed by atoms with Crippen LogP contribution in [-0.4, -0.2) is 20.7 Å². The standard InChI is InChI=1S/C15H24N2O2S/c1-2-20(18,19)17-15-10-8-14(9-11-15)16-12-13-6-4-3-5-7-13/h8-11,13,16-17H,2-7,12H2,1H3. The molecule has 0 aliphatic heterocycles. The Labute approximate surface area is 122 Å². The molecule has 0 atom stereocenters. The van der Waals surface area contributed by atoms with E-state index >= 15 is 0 Å². The SMILES string of the molecule is CCS(=O)(=O)Nc1ccc(NCC2CCCCC2)cc1. The molecule has 1 aliphatic carbocycles. The van der Waals surface area contributed by atoms with E-state index in [4.69, 9.17) is 0 Å². The van der Waals surface area contributed by atoms with Crippen LogP contribution < -0.4 is 10.0 Å². The summed E-state index contributed by atoms with van der Waals surface area (Å²) in [5, 5.41) is 3.44. The van der Waals surface area contributed by atoms with Gasteiger partial charge in [-0.05, 0) is 49.9 Å². The van der Waals surface area contributed by atoms with Crippen LogP contribution in [0.15, 0.2) is 24.3 Å². The Morgan fingerprint density at radius 2 is 1.65 bits per heavy atom. The van der Waals surface area contributed by atoms with Gasteiger partial charge in [-0.25, -0.2) is 8.42 Å². The van der Waals surface area contributed by atoms with Gasteiger partial charge < -0.3 is 5.32 Å². The first-order valence-electron chi connectivity index (χ1n) is 7.43. The minimum atomic E-state index is -3.19. The van der Waals surface area contributed by atoms with Crippen molar-refractivity contribution in [1.82, 2.24) is 0 Å². The Morgan fingerprint density at radius 3 is 2.25 bits per heavy atom. The van der Waals surface area contributed by atoms with Crippen LogP contribution in [0.2, 0.25) is 0 Å². The molecule has 1 saturated carbocycles. The molecule has 0 aromatic heterocycles. The quantitative estimate of drug-likeness (QED) is 0.845. The lowest BCUT2D eigenvalue weighted by Crippen LogP contribution is -2.17. The first-order valence-corrected chi connectivity index (χ1v) is 9.09. The molecular formula is C15H24N2O2S. The highest BCUT2D eigenvalue weighted by Crippen LogP contribution is 2.24. The molecule has 112 valence electrons. The fourth-order valence-corrected chi connectivity index (χ4v) is 3.20. The third-order valence-electron chi connectivity index (χ3n) is 3.86. The topological polar surface area (TPSA) is 58.2 Å². The van der Waals surface area contributed by atoms with E-state index in [1.54, 1.807) is 19.1 Å². The minimum absolute atomic E-state index is 0.0919. The lowest BCUT2D eigenvalue weighted by Gasteiger charge is -2.22. The van der Waals surface area contributed by atoms with E-state index in [-0.39, 0.29) is 5.75 Å². The zero-order valence-electron chi connectivity index (χ0n) is 12.1. The van der Waals surface area contributed by atoms with E-state index < -0.39 is 10.0 Å². The number of benzene rings is 1. The Kier molecular flexibility index (Phi) is 5.29. The highest BCUT2D eigenvalue weighted by Gasteiger charge is 2.12. The van der Waals surface area contributed by atoms with E-state index in [0.29, 0.717) is 5.69 Å². The van der Waals surface area contributed by atoms with Crippen molar-refractivity contribution in [3.63, 3.8) is 0 Å². The van der Waals surface area contributed by atoms with Gasteiger partial charge in [0.25, 0.3) is 0 Å². The molecule has 0 spiro atoms. The number of nitrogens with one attached hydrogen (secondary N) is 2. The van der Waals surface area contributed by atoms with E-state index in [1.165, 1.54) is 32.1 Å². The van der Waals surface area contributed by atoms with Crippen molar-refractivity contribution in [3.8, 4) is 0 Å². The lowest BCUT2D eigenvalue weighted by atomic mass is 9.89. The predicted molar refractivity (Wildman–Crippen MR) is 84.6 cm³/mol. The van der Waals surface area contributed by atoms with Crippen LogP contribution in [0.5, 0.6) is 0 Å². The molecular weight excluding hydrogens is 272 g/mol. The van der Waals surface area contributed by atoms with Crippen molar-refractivity contribution in [2.24, 2.45) is 5.92 Å². The Hall–Kier alpha value is -1.23. The molecule has 2 N–H and O–H groups in total. The molecule has 20 heavy (non-hydrogen) atoms. The molecule has 1 aliphatic rings. The van der Waals surface area contributed by atoms with Gasteiger partial charge in [-0.3, -0.25) is 4.72 Å². The molecule has 4 nitrogen and oxygen atoms in total. The van der Waals surface area contributed by atoms with Crippen LogP contribution in [0.25, 0.3) is 0 Å². The summed E-state index contributed by atoms with van der Waals surface area (Å²) in [4.78, 5) is 0. The monoisotopic (exact) mass is 296 g/mol. The maximum atomic E-state index is 11.5. The van der Waals surface area contributed by atoms with E-state index in [2.05, 4.69) is 10.0 Å². The molecule has 1 aromatic rings. The number of hydrogen-bond donors (Lipinski definition) is 2. The normalized spacial score (nSPS) is 16.9. The summed E-state index contributed by atoms with van der Waals surface area (Å²) in [7, 11) is -3.19. The molecule has 0 saturated heterocycles. The highest BCUT2D eigenvalue weighted by molar-refractivity contribution is 7.92. The van der Waals surface area contributed by atoms with Crippen molar-refractivity contribution in [3.05, 3.63) is 24.3 Å². The molecule has 0 radical (unpaired) electrons. The van der Waals surface area contributed by atoms with Gasteiger partial charge in [0.1, 0.15) is 0 Å². The lowest BCUT2D eigenvalue weighted by molar-refractivity contribution is 0.373. The van der Waals surface area contributed by atoms with Gasteiger partial charge in [0, 0.05) is 17.9 Å². The number of hydrogen-bond acceptors (Lipinski definition) is 3. The van der Waals surface area contributed by atoms with Crippen LogP contribution in [-0.2, 0) is 10.0 Å². The van der Waals surface area contributed by atoms with Gasteiger partial charge in [0.05, 0.1) is 5.75 Å². The average molecular weight is 296 g/mol. The maximum Gasteiger partial charge on any atom is 0.232 e. The van der Waals surface area contributed by atoms with Crippen molar-refractivity contribution < 1.29 is 8.42 Å². The fraction of sp³-hybridized carbons (Fsp3) is 0.600. The second kappa shape index (κ2) is 6.97. The summed E-state index contributed by atoms with van der Waals surface area (Å²) < 4.78 is 25.5. The van der Waals surface area contributed by atoms with Gasteiger partial charge in [0.15, 0.2) is 0 Å². The Morgan fingerprint density at radius 1 is 1.05 bits per heavy atom. The van der Waals surface area contributed by atoms with Gasteiger partial charge in [-0.1, -0.05) is 19.3 Å². The van der Waals surface area contributed by atoms with Crippen LogP contribution in [0.4, 0.5) is 11.4 Å². The fourth-order valence-electron chi connectivity index (χ4n) is 2.56. The van der Waals surface area contributed by atoms with Crippen molar-refractivity contribution >= 4 is 21.4 Å². The van der Waals surface area contributed by atoms with Crippen LogP contribution in [0.1, 0.15) is 39.0 Å². The molecule has 2 rings (SSSR count). The van der Waals surface area contributed by atoms with Crippen LogP contribution in [0, 0.1) is 5.92 Å². The summed E-state index contributed by atoms with van der Waals surface area (Å²) >= 11 is 0. The molecule has 0 heterocycles. The molecule has 1 fully saturated rings. The van der Waals surface area contributed by atoms with Crippen LogP contribution >= 0.6 is 0 Å². The molecule has 0 unspecified atom stereocenters. The summed E-state index contributed by atoms with van der Waals surface area (Å²) in [5.74, 6) is 0.872. The van der Waals surface area contributed by atoms with Gasteiger partial charge in [-0.15, -0.1) is 0 Å². The number of sulfonamides is 1. The summed E-state index contributed by atoms with van der Waals surface area (Å²) in [5.41, 5.74) is 1.67. The smallest absolute Gasteiger partial charge is 0.232 e. The maximum absolute atomic E-state index is 11.5. The second-order valence-electron chi connectivity index (χ2n) is 5.47. The molecule has 1 aromatic carbocycles. The van der Waals surface area contributed by atoms with Gasteiger partial charge >= 0.3 is 0 Å². The minimum Gasteiger partial charge on any atom is -0.385 e. The number of anilines is 2. The van der Waals surface area contributed by atoms with Crippen molar-refractivity contribution in [1.29, 1.82) is 0 Å². The number of rotatable bonds is 6. The second-order valence-corrected chi connectivity index (χ2v) is 7.48. The van der Waals surface area contributed by atoms with E-state index in [1.807, 2.05) is 12.1 Å². The summed E-state index contributed by atoms with van der Waals surface area (Å²) in [6.45, 7) is 2.64.